The van der Waals surface area contributed by atoms with Crippen molar-refractivity contribution in [3.8, 4) is 16.9 Å². The number of aliphatic hydroxyl groups excluding tert-OH is 1. The quantitative estimate of drug-likeness (QED) is 0.0677. The third-order valence-corrected chi connectivity index (χ3v) is 11.3. The number of benzene rings is 5. The lowest BCUT2D eigenvalue weighted by Crippen LogP contribution is -2.47. The van der Waals surface area contributed by atoms with Gasteiger partial charge in [0.25, 0.3) is 0 Å². The predicted molar refractivity (Wildman–Crippen MR) is 236 cm³/mol. The van der Waals surface area contributed by atoms with Gasteiger partial charge in [0.1, 0.15) is 31.6 Å². The number of fused-ring (bicyclic) bond motifs is 3. The molecule has 11 nitrogen and oxygen atoms in total. The number of aliphatic hydroxyl groups is 1. The molecule has 0 bridgehead atoms. The van der Waals surface area contributed by atoms with Gasteiger partial charge in [0.15, 0.2) is 0 Å². The molecule has 62 heavy (non-hydrogen) atoms. The molecule has 0 spiro atoms. The maximum atomic E-state index is 14.0. The molecule has 4 unspecified atom stereocenters. The standard InChI is InChI=1S/C51H53N3O8/c55-31-39(28-35-14-4-1-5-15-35)52-48(56)30-38-18-8-3-9-23-47(54-51(59)62-34-46-44-21-12-10-19-42(44)43-20-11-13-22-45(43)46)50(58)61-33-40(53-49(38)57)29-36-24-26-41(27-25-36)60-32-37-16-6-2-7-17-37/h1-8,10-17,19-22,24-27,38-40,46-47,55H,9,18,23,28-34H2,(H,52,56)(H,53,57)(H,54,59). The second kappa shape index (κ2) is 21.7. The molecule has 320 valence electrons. The molecule has 1 heterocycles. The molecule has 7 rings (SSSR count). The molecule has 0 saturated carbocycles. The Morgan fingerprint density at radius 2 is 1.42 bits per heavy atom. The van der Waals surface area contributed by atoms with E-state index < -0.39 is 36.1 Å². The van der Waals surface area contributed by atoms with Gasteiger partial charge in [-0.1, -0.05) is 133 Å². The van der Waals surface area contributed by atoms with E-state index in [4.69, 9.17) is 14.2 Å². The van der Waals surface area contributed by atoms with E-state index in [-0.39, 0.29) is 56.8 Å². The van der Waals surface area contributed by atoms with Gasteiger partial charge in [-0.3, -0.25) is 9.59 Å². The van der Waals surface area contributed by atoms with E-state index in [1.54, 1.807) is 0 Å². The van der Waals surface area contributed by atoms with Gasteiger partial charge in [-0.15, -0.1) is 0 Å². The summed E-state index contributed by atoms with van der Waals surface area (Å²) in [7, 11) is 0. The minimum atomic E-state index is -1.02. The second-order valence-corrected chi connectivity index (χ2v) is 15.8. The summed E-state index contributed by atoms with van der Waals surface area (Å²) in [6, 6.07) is 40.8. The molecular weight excluding hydrogens is 783 g/mol. The normalized spacial score (nSPS) is 18.3. The maximum absolute atomic E-state index is 14.0. The number of hydrogen-bond acceptors (Lipinski definition) is 8. The van der Waals surface area contributed by atoms with Crippen LogP contribution in [-0.4, -0.2) is 66.9 Å². The summed E-state index contributed by atoms with van der Waals surface area (Å²) in [6.45, 7) is 0.0582. The van der Waals surface area contributed by atoms with Gasteiger partial charge in [0.05, 0.1) is 24.6 Å². The van der Waals surface area contributed by atoms with Crippen molar-refractivity contribution in [3.63, 3.8) is 0 Å². The lowest BCUT2D eigenvalue weighted by Gasteiger charge is -2.24. The van der Waals surface area contributed by atoms with Crippen LogP contribution in [0.5, 0.6) is 5.75 Å². The summed E-state index contributed by atoms with van der Waals surface area (Å²) in [5.41, 5.74) is 7.23. The summed E-state index contributed by atoms with van der Waals surface area (Å²) in [4.78, 5) is 54.4. The van der Waals surface area contributed by atoms with E-state index in [9.17, 15) is 24.3 Å². The van der Waals surface area contributed by atoms with Gasteiger partial charge >= 0.3 is 12.1 Å². The number of allylic oxidation sites excluding steroid dienone is 2. The highest BCUT2D eigenvalue weighted by Gasteiger charge is 2.31. The average Bonchev–Trinajstić information content (AvgIpc) is 3.62. The Morgan fingerprint density at radius 3 is 2.10 bits per heavy atom. The molecule has 2 aliphatic rings. The van der Waals surface area contributed by atoms with Crippen LogP contribution < -0.4 is 20.7 Å². The number of esters is 1. The zero-order chi connectivity index (χ0) is 43.1. The number of hydrogen-bond donors (Lipinski definition) is 4. The zero-order valence-electron chi connectivity index (χ0n) is 34.6. The van der Waals surface area contributed by atoms with Crippen LogP contribution in [0.1, 0.15) is 59.4 Å². The summed E-state index contributed by atoms with van der Waals surface area (Å²) in [5.74, 6) is -1.60. The SMILES string of the molecule is O=C(CC1CC=CCCC(NC(=O)OCC2c3ccccc3-c3ccccc32)C(=O)OCC(Cc2ccc(OCc3ccccc3)cc2)NC1=O)NC(CO)Cc1ccccc1. The smallest absolute Gasteiger partial charge is 0.407 e. The molecule has 5 aromatic carbocycles. The third-order valence-electron chi connectivity index (χ3n) is 11.3. The van der Waals surface area contributed by atoms with E-state index in [2.05, 4.69) is 28.1 Å². The molecule has 0 aromatic heterocycles. The highest BCUT2D eigenvalue weighted by atomic mass is 16.6. The van der Waals surface area contributed by atoms with Crippen molar-refractivity contribution in [1.29, 1.82) is 0 Å². The Morgan fingerprint density at radius 1 is 0.774 bits per heavy atom. The van der Waals surface area contributed by atoms with E-state index in [1.807, 2.05) is 133 Å². The minimum absolute atomic E-state index is 0.0893. The van der Waals surface area contributed by atoms with Crippen LogP contribution in [0.15, 0.2) is 146 Å². The molecule has 5 aromatic rings. The van der Waals surface area contributed by atoms with Crippen molar-refractivity contribution in [3.05, 3.63) is 173 Å². The monoisotopic (exact) mass is 835 g/mol. The number of rotatable bonds is 14. The minimum Gasteiger partial charge on any atom is -0.489 e. The largest absolute Gasteiger partial charge is 0.489 e. The van der Waals surface area contributed by atoms with Crippen LogP contribution in [-0.2, 0) is 43.3 Å². The van der Waals surface area contributed by atoms with Crippen molar-refractivity contribution in [2.45, 2.75) is 69.2 Å². The molecule has 3 amide bonds. The number of alkyl carbamates (subject to hydrolysis) is 1. The molecule has 1 aliphatic carbocycles. The lowest BCUT2D eigenvalue weighted by molar-refractivity contribution is -0.147. The summed E-state index contributed by atoms with van der Waals surface area (Å²) >= 11 is 0. The van der Waals surface area contributed by atoms with Crippen LogP contribution >= 0.6 is 0 Å². The fourth-order valence-electron chi connectivity index (χ4n) is 8.03. The maximum Gasteiger partial charge on any atom is 0.407 e. The summed E-state index contributed by atoms with van der Waals surface area (Å²) < 4.78 is 17.6. The lowest BCUT2D eigenvalue weighted by atomic mass is 9.97. The molecule has 0 saturated heterocycles. The highest BCUT2D eigenvalue weighted by Crippen LogP contribution is 2.44. The number of cyclic esters (lactones) is 1. The Kier molecular flexibility index (Phi) is 15.2. The van der Waals surface area contributed by atoms with Crippen molar-refractivity contribution in [2.24, 2.45) is 5.92 Å². The van der Waals surface area contributed by atoms with Gasteiger partial charge in [-0.25, -0.2) is 9.59 Å². The number of carbonyl (C=O) groups is 4. The van der Waals surface area contributed by atoms with Gasteiger partial charge in [0, 0.05) is 12.3 Å². The van der Waals surface area contributed by atoms with E-state index >= 15 is 0 Å². The van der Waals surface area contributed by atoms with Gasteiger partial charge in [-0.2, -0.15) is 0 Å². The topological polar surface area (TPSA) is 152 Å². The van der Waals surface area contributed by atoms with Crippen LogP contribution in [0.25, 0.3) is 11.1 Å². The average molecular weight is 836 g/mol. The first kappa shape index (κ1) is 43.4. The third kappa shape index (κ3) is 12.0. The Balaban J connectivity index is 1.02. The molecule has 11 heteroatoms. The number of nitrogens with one attached hydrogen (secondary N) is 3. The first-order chi connectivity index (χ1) is 30.3. The Bertz CT molecular complexity index is 2250. The Labute approximate surface area is 362 Å². The molecule has 0 fully saturated rings. The van der Waals surface area contributed by atoms with Crippen molar-refractivity contribution >= 4 is 23.9 Å². The van der Waals surface area contributed by atoms with Crippen molar-refractivity contribution in [1.82, 2.24) is 16.0 Å². The van der Waals surface area contributed by atoms with Crippen LogP contribution in [0.3, 0.4) is 0 Å². The van der Waals surface area contributed by atoms with Gasteiger partial charge < -0.3 is 35.3 Å². The summed E-state index contributed by atoms with van der Waals surface area (Å²) in [5, 5.41) is 18.8. The van der Waals surface area contributed by atoms with E-state index in [0.717, 1.165) is 38.9 Å². The van der Waals surface area contributed by atoms with Crippen LogP contribution in [0.4, 0.5) is 4.79 Å². The highest BCUT2D eigenvalue weighted by molar-refractivity contribution is 5.86. The van der Waals surface area contributed by atoms with Crippen molar-refractivity contribution < 1.29 is 38.5 Å². The van der Waals surface area contributed by atoms with Crippen molar-refractivity contribution in [2.75, 3.05) is 19.8 Å². The van der Waals surface area contributed by atoms with E-state index in [1.165, 1.54) is 0 Å². The van der Waals surface area contributed by atoms with Crippen LogP contribution in [0.2, 0.25) is 0 Å². The first-order valence-corrected chi connectivity index (χ1v) is 21.3. The number of amides is 3. The summed E-state index contributed by atoms with van der Waals surface area (Å²) in [6.07, 6.45) is 4.40. The fourth-order valence-corrected chi connectivity index (χ4v) is 8.03. The molecule has 4 N–H and O–H groups in total. The molecule has 4 atom stereocenters. The number of ether oxygens (including phenoxy) is 3. The van der Waals surface area contributed by atoms with Gasteiger partial charge in [-0.05, 0) is 83.2 Å². The number of carbonyl (C=O) groups excluding carboxylic acids is 4. The van der Waals surface area contributed by atoms with Crippen LogP contribution in [0, 0.1) is 5.92 Å². The zero-order valence-corrected chi connectivity index (χ0v) is 34.6. The first-order valence-electron chi connectivity index (χ1n) is 21.3. The van der Waals surface area contributed by atoms with E-state index in [0.29, 0.717) is 31.6 Å². The molecule has 1 aliphatic heterocycles. The second-order valence-electron chi connectivity index (χ2n) is 15.8. The fraction of sp³-hybridized carbons (Fsp3) is 0.294. The Hall–Kier alpha value is -6.72. The molecule has 0 radical (unpaired) electrons. The predicted octanol–water partition coefficient (Wildman–Crippen LogP) is 7.21. The van der Waals surface area contributed by atoms with Gasteiger partial charge in [0.2, 0.25) is 11.8 Å². The molecular formula is C51H53N3O8.